The molecule has 0 radical (unpaired) electrons. The van der Waals surface area contributed by atoms with E-state index in [0.29, 0.717) is 6.42 Å². The predicted molar refractivity (Wildman–Crippen MR) is 169 cm³/mol. The van der Waals surface area contributed by atoms with E-state index in [9.17, 15) is 4.79 Å². The predicted octanol–water partition coefficient (Wildman–Crippen LogP) is 9.37. The average molecular weight is 541 g/mol. The van der Waals surface area contributed by atoms with E-state index in [1.54, 1.807) is 0 Å². The third-order valence-electron chi connectivity index (χ3n) is 8.57. The lowest BCUT2D eigenvalue weighted by Crippen LogP contribution is -2.53. The van der Waals surface area contributed by atoms with E-state index >= 15 is 0 Å². The number of carbonyl (C=O) groups excluding carboxylic acids is 1. The molecule has 0 aromatic heterocycles. The van der Waals surface area contributed by atoms with Crippen molar-refractivity contribution < 1.29 is 9.28 Å². The number of amidine groups is 1. The minimum absolute atomic E-state index is 0.229. The van der Waals surface area contributed by atoms with Crippen molar-refractivity contribution in [3.05, 3.63) is 35.9 Å². The molecular weight excluding hydrogens is 478 g/mol. The Kier molecular flexibility index (Phi) is 19.0. The zero-order chi connectivity index (χ0) is 27.9. The number of hydrogen-bond donors (Lipinski definition) is 1. The highest BCUT2D eigenvalue weighted by Gasteiger charge is 2.37. The summed E-state index contributed by atoms with van der Waals surface area (Å²) in [4.78, 5) is 17.6. The first kappa shape index (κ1) is 33.5. The summed E-state index contributed by atoms with van der Waals surface area (Å²) in [6.07, 6.45) is 25.6. The number of nitrogens with zero attached hydrogens (tertiary/aromatic N) is 2. The third-order valence-corrected chi connectivity index (χ3v) is 8.57. The van der Waals surface area contributed by atoms with Crippen LogP contribution < -0.4 is 5.32 Å². The molecule has 2 rings (SSSR count). The number of quaternary nitrogens is 1. The van der Waals surface area contributed by atoms with Gasteiger partial charge in [0.25, 0.3) is 0 Å². The van der Waals surface area contributed by atoms with Gasteiger partial charge in [-0.1, -0.05) is 147 Å². The van der Waals surface area contributed by atoms with Crippen molar-refractivity contribution in [2.75, 3.05) is 26.2 Å². The van der Waals surface area contributed by atoms with Crippen molar-refractivity contribution in [3.8, 4) is 0 Å². The second kappa shape index (κ2) is 22.1. The molecule has 1 aromatic rings. The molecule has 0 spiro atoms. The van der Waals surface area contributed by atoms with Gasteiger partial charge in [-0.3, -0.25) is 9.28 Å². The summed E-state index contributed by atoms with van der Waals surface area (Å²) < 4.78 is 0.930. The van der Waals surface area contributed by atoms with Crippen LogP contribution in [0.25, 0.3) is 0 Å². The summed E-state index contributed by atoms with van der Waals surface area (Å²) in [7, 11) is 0. The molecule has 1 aromatic carbocycles. The van der Waals surface area contributed by atoms with Gasteiger partial charge in [0, 0.05) is 18.4 Å². The van der Waals surface area contributed by atoms with Gasteiger partial charge in [-0.25, -0.2) is 4.99 Å². The van der Waals surface area contributed by atoms with Gasteiger partial charge in [-0.15, -0.1) is 0 Å². The van der Waals surface area contributed by atoms with E-state index in [4.69, 9.17) is 4.99 Å². The van der Waals surface area contributed by atoms with Crippen LogP contribution in [0.3, 0.4) is 0 Å². The average Bonchev–Trinajstić information content (AvgIpc) is 3.33. The Hall–Kier alpha value is -1.68. The molecule has 0 saturated carbocycles. The molecule has 222 valence electrons. The highest BCUT2D eigenvalue weighted by Crippen LogP contribution is 2.24. The van der Waals surface area contributed by atoms with Gasteiger partial charge in [-0.05, 0) is 12.8 Å². The Labute approximate surface area is 242 Å². The van der Waals surface area contributed by atoms with E-state index in [1.165, 1.54) is 121 Å². The van der Waals surface area contributed by atoms with Gasteiger partial charge in [0.1, 0.15) is 19.6 Å². The van der Waals surface area contributed by atoms with Crippen LogP contribution >= 0.6 is 0 Å². The molecule has 1 atom stereocenters. The lowest BCUT2D eigenvalue weighted by atomic mass is 10.1. The minimum atomic E-state index is 0.229. The van der Waals surface area contributed by atoms with Crippen LogP contribution in [0.2, 0.25) is 0 Å². The zero-order valence-electron chi connectivity index (χ0n) is 25.9. The number of unbranched alkanes of at least 4 members (excludes halogenated alkanes) is 16. The standard InChI is InChI=1S/C35H61N3O/c1-3-5-7-9-11-13-15-17-22-26-34-36-28-30-38(34,32-33-24-20-19-21-25-33)31-29-37-35(39)27-23-18-16-14-12-10-8-6-4-2/h19-21,24-25H,3-18,22-23,26-32H2,1-2H3/p+1/t38-/m0/s1. The van der Waals surface area contributed by atoms with Crippen LogP contribution in [0.15, 0.2) is 35.3 Å². The number of hydrogen-bond acceptors (Lipinski definition) is 2. The van der Waals surface area contributed by atoms with Crippen LogP contribution in [0.4, 0.5) is 0 Å². The van der Waals surface area contributed by atoms with Crippen LogP contribution in [0, 0.1) is 0 Å². The summed E-state index contributed by atoms with van der Waals surface area (Å²) in [5, 5.41) is 3.26. The maximum absolute atomic E-state index is 12.6. The van der Waals surface area contributed by atoms with Gasteiger partial charge in [0.05, 0.1) is 13.1 Å². The topological polar surface area (TPSA) is 41.5 Å². The molecule has 1 amide bonds. The van der Waals surface area contributed by atoms with Crippen molar-refractivity contribution in [1.29, 1.82) is 0 Å². The monoisotopic (exact) mass is 540 g/mol. The SMILES string of the molecule is CCCCCCCCCCCC(=O)NCC[N@+]1(Cc2ccccc2)CCN=C1CCCCCCCCCCC. The minimum Gasteiger partial charge on any atom is -0.350 e. The zero-order valence-corrected chi connectivity index (χ0v) is 25.9. The number of benzene rings is 1. The maximum Gasteiger partial charge on any atom is 0.220 e. The maximum atomic E-state index is 12.6. The van der Waals surface area contributed by atoms with Gasteiger partial charge in [0.15, 0.2) is 5.84 Å². The number of amides is 1. The summed E-state index contributed by atoms with van der Waals surface area (Å²) in [6.45, 7) is 9.24. The first-order valence-corrected chi connectivity index (χ1v) is 16.9. The third kappa shape index (κ3) is 15.0. The number of nitrogens with one attached hydrogen (secondary N) is 1. The Balaban J connectivity index is 1.71. The first-order chi connectivity index (χ1) is 19.2. The van der Waals surface area contributed by atoms with E-state index in [1.807, 2.05) is 0 Å². The van der Waals surface area contributed by atoms with Crippen molar-refractivity contribution in [2.45, 2.75) is 149 Å². The Morgan fingerprint density at radius 1 is 0.744 bits per heavy atom. The lowest BCUT2D eigenvalue weighted by molar-refractivity contribution is -0.849. The lowest BCUT2D eigenvalue weighted by Gasteiger charge is -2.35. The molecule has 0 saturated heterocycles. The molecule has 1 N–H and O–H groups in total. The van der Waals surface area contributed by atoms with Gasteiger partial charge < -0.3 is 5.32 Å². The van der Waals surface area contributed by atoms with Crippen molar-refractivity contribution >= 4 is 11.7 Å². The van der Waals surface area contributed by atoms with Crippen molar-refractivity contribution in [1.82, 2.24) is 5.32 Å². The largest absolute Gasteiger partial charge is 0.350 e. The Bertz CT molecular complexity index is 762. The number of carbonyl (C=O) groups is 1. The molecule has 4 nitrogen and oxygen atoms in total. The van der Waals surface area contributed by atoms with Gasteiger partial charge in [0.2, 0.25) is 5.91 Å². The summed E-state index contributed by atoms with van der Waals surface area (Å²) >= 11 is 0. The fraction of sp³-hybridized carbons (Fsp3) is 0.771. The molecule has 0 bridgehead atoms. The Morgan fingerprint density at radius 2 is 1.28 bits per heavy atom. The molecule has 1 heterocycles. The second-order valence-corrected chi connectivity index (χ2v) is 12.0. The van der Waals surface area contributed by atoms with Crippen LogP contribution in [0.1, 0.15) is 148 Å². The van der Waals surface area contributed by atoms with E-state index in [0.717, 1.165) is 50.0 Å². The molecule has 39 heavy (non-hydrogen) atoms. The summed E-state index contributed by atoms with van der Waals surface area (Å²) in [5.74, 6) is 1.60. The quantitative estimate of drug-likeness (QED) is 0.0974. The molecular formula is C35H62N3O+. The summed E-state index contributed by atoms with van der Waals surface area (Å²) in [5.41, 5.74) is 1.38. The fourth-order valence-corrected chi connectivity index (χ4v) is 6.08. The Morgan fingerprint density at radius 3 is 1.87 bits per heavy atom. The smallest absolute Gasteiger partial charge is 0.220 e. The highest BCUT2D eigenvalue weighted by molar-refractivity contribution is 5.77. The molecule has 4 heteroatoms. The normalized spacial score (nSPS) is 16.9. The molecule has 0 unspecified atom stereocenters. The molecule has 1 aliphatic heterocycles. The number of aliphatic imine (C=N–C) groups is 1. The van der Waals surface area contributed by atoms with Crippen LogP contribution in [-0.2, 0) is 11.3 Å². The second-order valence-electron chi connectivity index (χ2n) is 12.0. The molecule has 0 fully saturated rings. The number of rotatable bonds is 25. The summed E-state index contributed by atoms with van der Waals surface area (Å²) in [6, 6.07) is 10.9. The van der Waals surface area contributed by atoms with E-state index < -0.39 is 0 Å². The highest BCUT2D eigenvalue weighted by atomic mass is 16.1. The van der Waals surface area contributed by atoms with Crippen molar-refractivity contribution in [3.63, 3.8) is 0 Å². The fourth-order valence-electron chi connectivity index (χ4n) is 6.08. The molecule has 1 aliphatic rings. The van der Waals surface area contributed by atoms with Gasteiger partial charge in [-0.2, -0.15) is 0 Å². The van der Waals surface area contributed by atoms with Crippen LogP contribution in [-0.4, -0.2) is 42.4 Å². The molecule has 0 aliphatic carbocycles. The van der Waals surface area contributed by atoms with E-state index in [-0.39, 0.29) is 5.91 Å². The van der Waals surface area contributed by atoms with Crippen molar-refractivity contribution in [2.24, 2.45) is 4.99 Å². The first-order valence-electron chi connectivity index (χ1n) is 16.9. The van der Waals surface area contributed by atoms with Crippen LogP contribution in [0.5, 0.6) is 0 Å². The van der Waals surface area contributed by atoms with Gasteiger partial charge >= 0.3 is 0 Å². The van der Waals surface area contributed by atoms with E-state index in [2.05, 4.69) is 49.5 Å².